The van der Waals surface area contributed by atoms with Crippen molar-refractivity contribution in [3.63, 3.8) is 0 Å². The summed E-state index contributed by atoms with van der Waals surface area (Å²) in [4.78, 5) is 44.3. The Morgan fingerprint density at radius 3 is 0.964 bits per heavy atom. The summed E-state index contributed by atoms with van der Waals surface area (Å²) in [5, 5.41) is 22.9. The molecule has 8 bridgehead atoms. The van der Waals surface area contributed by atoms with Crippen molar-refractivity contribution in [3.8, 4) is 67.4 Å². The molecule has 12 nitrogen and oxygen atoms in total. The van der Waals surface area contributed by atoms with Gasteiger partial charge in [-0.15, -0.1) is 11.1 Å². The van der Waals surface area contributed by atoms with Gasteiger partial charge < -0.3 is 19.4 Å². The van der Waals surface area contributed by atoms with E-state index in [9.17, 15) is 9.59 Å². The number of amidine groups is 2. The predicted octanol–water partition coefficient (Wildman–Crippen LogP) is 16.6. The lowest BCUT2D eigenvalue weighted by molar-refractivity contribution is 0.156. The molecule has 2 aliphatic rings. The van der Waals surface area contributed by atoms with Crippen molar-refractivity contribution in [2.24, 2.45) is 0 Å². The van der Waals surface area contributed by atoms with Crippen molar-refractivity contribution in [1.82, 2.24) is 30.6 Å². The summed E-state index contributed by atoms with van der Waals surface area (Å²) in [6.45, 7) is 27.4. The number of aromatic amines is 2. The number of carbonyl (C=O) groups is 2. The molecule has 2 amide bonds. The fourth-order valence-corrected chi connectivity index (χ4v) is 11.8. The van der Waals surface area contributed by atoms with Crippen LogP contribution in [0.5, 0.6) is 0 Å². The van der Waals surface area contributed by atoms with E-state index in [0.717, 1.165) is 101 Å². The average Bonchev–Trinajstić information content (AvgIpc) is 3.55. The highest BCUT2D eigenvalue weighted by Gasteiger charge is 2.22. The Balaban J connectivity index is 1.25. The van der Waals surface area contributed by atoms with Gasteiger partial charge >= 0.3 is 12.2 Å². The maximum Gasteiger partial charge on any atom is 0.412 e. The quantitative estimate of drug-likeness (QED) is 0.0306. The minimum atomic E-state index is -1.64. The molecule has 16 heteroatoms. The summed E-state index contributed by atoms with van der Waals surface area (Å²) in [6.07, 6.45) is 6.90. The first-order chi connectivity index (χ1) is 39.7. The van der Waals surface area contributed by atoms with E-state index in [0.29, 0.717) is 35.7 Å². The standard InChI is InChI=1S/C68H74N8O4Si4/c1-81(2,3)41-37-45-13-17-47(18-14-45)61-53-29-33-57(71-53)63(49-21-25-51(26-22-49)65(69)75-67(77)79-39-43-83(7,8)9)59-35-31-55(73-59)62(48-19-15-46(16-20-48)38-42-82(4,5)6)56-32-36-60(74-56)64(58-34-30-54(61)72-58)50-23-27-52(28-24-50)66(70)76-68(78)80-40-44-84(10,11)12/h13-36,71,74H,39-40,43-44H2,1-12H3,(H2,69,75,77)(H2,70,76,78). The monoisotopic (exact) mass is 1180 g/mol. The molecular weight excluding hydrogens is 1110 g/mol. The minimum absolute atomic E-state index is 0.0592. The average molecular weight is 1180 g/mol. The zero-order valence-electron chi connectivity index (χ0n) is 50.2. The van der Waals surface area contributed by atoms with E-state index in [4.69, 9.17) is 30.3 Å². The summed E-state index contributed by atoms with van der Waals surface area (Å²) in [5.74, 6) is 6.71. The van der Waals surface area contributed by atoms with Gasteiger partial charge in [-0.05, 0) is 107 Å². The second-order valence-electron chi connectivity index (χ2n) is 25.7. The zero-order valence-corrected chi connectivity index (χ0v) is 54.2. The van der Waals surface area contributed by atoms with E-state index < -0.39 is 44.5 Å². The Morgan fingerprint density at radius 1 is 0.429 bits per heavy atom. The van der Waals surface area contributed by atoms with Crippen LogP contribution in [0.4, 0.5) is 9.59 Å². The number of hydrogen-bond acceptors (Lipinski definition) is 8. The van der Waals surface area contributed by atoms with Crippen LogP contribution in [0.25, 0.3) is 90.9 Å². The number of aromatic nitrogens is 4. The number of ether oxygens (including phenoxy) is 2. The Labute approximate surface area is 497 Å². The molecule has 0 spiro atoms. The molecule has 0 fully saturated rings. The lowest BCUT2D eigenvalue weighted by atomic mass is 10.0. The molecule has 7 aromatic rings. The summed E-state index contributed by atoms with van der Waals surface area (Å²) >= 11 is 0. The second-order valence-corrected chi connectivity index (χ2v) is 46.4. The van der Waals surface area contributed by atoms with Crippen LogP contribution in [0.2, 0.25) is 90.7 Å². The molecule has 84 heavy (non-hydrogen) atoms. The molecule has 0 radical (unpaired) electrons. The number of nitrogens with zero attached hydrogens (tertiary/aromatic N) is 2. The van der Waals surface area contributed by atoms with Gasteiger partial charge in [0.2, 0.25) is 0 Å². The van der Waals surface area contributed by atoms with Gasteiger partial charge in [-0.25, -0.2) is 19.6 Å². The van der Waals surface area contributed by atoms with Gasteiger partial charge in [0.15, 0.2) is 0 Å². The van der Waals surface area contributed by atoms with Gasteiger partial charge in [0.25, 0.3) is 0 Å². The van der Waals surface area contributed by atoms with E-state index >= 15 is 0 Å². The van der Waals surface area contributed by atoms with Gasteiger partial charge in [0, 0.05) is 82.7 Å². The first kappa shape index (κ1) is 60.0. The van der Waals surface area contributed by atoms with E-state index in [1.807, 2.05) is 60.7 Å². The number of alkyl carbamates (subject to hydrolysis) is 2. The van der Waals surface area contributed by atoms with Gasteiger partial charge in [0.05, 0.1) is 36.0 Å². The maximum absolute atomic E-state index is 12.8. The molecule has 6 N–H and O–H groups in total. The summed E-state index contributed by atoms with van der Waals surface area (Å²) < 4.78 is 10.9. The fraction of sp³-hybridized carbons (Fsp3) is 0.235. The number of carbonyl (C=O) groups excluding carboxylic acids is 2. The van der Waals surface area contributed by atoms with Crippen LogP contribution in [0, 0.1) is 33.7 Å². The van der Waals surface area contributed by atoms with E-state index in [2.05, 4.69) is 207 Å². The number of hydrogen-bond donors (Lipinski definition) is 6. The maximum atomic E-state index is 12.8. The van der Waals surface area contributed by atoms with Gasteiger partial charge in [-0.2, -0.15) is 0 Å². The number of amides is 2. The molecule has 0 unspecified atom stereocenters. The van der Waals surface area contributed by atoms with E-state index in [1.54, 1.807) is 0 Å². The van der Waals surface area contributed by atoms with Crippen LogP contribution in [0.15, 0.2) is 121 Å². The number of fused-ring (bicyclic) bond motifs is 8. The molecule has 4 aromatic carbocycles. The van der Waals surface area contributed by atoms with Crippen molar-refractivity contribution in [2.45, 2.75) is 90.7 Å². The van der Waals surface area contributed by atoms with Gasteiger partial charge in [0.1, 0.15) is 27.8 Å². The molecule has 5 heterocycles. The third-order valence-corrected chi connectivity index (χ3v) is 19.0. The van der Waals surface area contributed by atoms with Crippen molar-refractivity contribution in [3.05, 3.63) is 166 Å². The molecule has 0 saturated heterocycles. The van der Waals surface area contributed by atoms with Crippen molar-refractivity contribution >= 4 is 103 Å². The summed E-state index contributed by atoms with van der Waals surface area (Å²) in [6, 6.07) is 41.8. The van der Waals surface area contributed by atoms with Crippen molar-refractivity contribution in [2.75, 3.05) is 13.2 Å². The Morgan fingerprint density at radius 2 is 0.702 bits per heavy atom. The first-order valence-electron chi connectivity index (χ1n) is 28.4. The van der Waals surface area contributed by atoms with Crippen molar-refractivity contribution < 1.29 is 19.1 Å². The van der Waals surface area contributed by atoms with E-state index in [-0.39, 0.29) is 11.7 Å². The predicted molar refractivity (Wildman–Crippen MR) is 360 cm³/mol. The van der Waals surface area contributed by atoms with Crippen LogP contribution in [-0.4, -0.2) is 89.3 Å². The Hall–Kier alpha value is -8.65. The smallest absolute Gasteiger partial charge is 0.412 e. The highest BCUT2D eigenvalue weighted by Crippen LogP contribution is 2.39. The molecule has 9 rings (SSSR count). The third kappa shape index (κ3) is 15.5. The Bertz CT molecular complexity index is 3810. The zero-order chi connectivity index (χ0) is 60.1. The number of H-pyrrole nitrogens is 2. The van der Waals surface area contributed by atoms with Crippen LogP contribution in [-0.2, 0) is 9.47 Å². The summed E-state index contributed by atoms with van der Waals surface area (Å²) in [5.41, 5.74) is 23.0. The first-order valence-corrected chi connectivity index (χ1v) is 42.8. The van der Waals surface area contributed by atoms with Crippen molar-refractivity contribution in [1.29, 1.82) is 10.8 Å². The topological polar surface area (TPSA) is 182 Å². The molecular formula is C68H74N8O4Si4. The largest absolute Gasteiger partial charge is 0.450 e. The molecule has 2 aliphatic heterocycles. The fourth-order valence-electron chi connectivity index (χ4n) is 9.31. The second kappa shape index (κ2) is 24.7. The SMILES string of the molecule is C[Si](C)(C)C#Cc1ccc(-c2c3nc(c(-c4ccc(C(=N)NC(=O)OCC[Si](C)(C)C)cc4)c4ccc([nH]4)c(-c4ccc(C#C[Si](C)(C)C)cc4)c4nc(c(-c5ccc(C(=N)NC(=O)OCC[Si](C)(C)C)cc5)c5ccc2[nH]5)C=C4)C=C3)cc1. The molecule has 426 valence electrons. The molecule has 0 saturated carbocycles. The van der Waals surface area contributed by atoms with Gasteiger partial charge in [-0.3, -0.25) is 21.5 Å². The Kier molecular flexibility index (Phi) is 17.6. The number of benzene rings is 4. The highest BCUT2D eigenvalue weighted by molar-refractivity contribution is 6.84. The van der Waals surface area contributed by atoms with Crippen LogP contribution in [0.1, 0.15) is 45.0 Å². The lowest BCUT2D eigenvalue weighted by Gasteiger charge is -2.15. The number of nitrogens with one attached hydrogen (secondary N) is 6. The van der Waals surface area contributed by atoms with E-state index in [1.165, 1.54) is 0 Å². The third-order valence-electron chi connectivity index (χ3n) is 13.8. The highest BCUT2D eigenvalue weighted by atomic mass is 28.3. The normalized spacial score (nSPS) is 12.1. The number of rotatable bonds is 12. The van der Waals surface area contributed by atoms with Gasteiger partial charge in [-0.1, -0.05) is 163 Å². The van der Waals surface area contributed by atoms with Crippen LogP contribution in [0.3, 0.4) is 0 Å². The van der Waals surface area contributed by atoms with Crippen LogP contribution < -0.4 is 10.6 Å². The van der Waals surface area contributed by atoms with Crippen LogP contribution >= 0.6 is 0 Å². The minimum Gasteiger partial charge on any atom is -0.450 e. The molecule has 0 atom stereocenters. The lowest BCUT2D eigenvalue weighted by Crippen LogP contribution is -2.32. The summed E-state index contributed by atoms with van der Waals surface area (Å²) in [7, 11) is -6.13. The molecule has 3 aromatic heterocycles. The molecule has 0 aliphatic carbocycles.